The maximum absolute atomic E-state index is 11.3. The molecule has 1 heterocycles. The molecule has 0 atom stereocenters. The number of hydrogen-bond acceptors (Lipinski definition) is 2. The van der Waals surface area contributed by atoms with Gasteiger partial charge in [-0.05, 0) is 37.0 Å². The summed E-state index contributed by atoms with van der Waals surface area (Å²) in [5.41, 5.74) is 0.350. The van der Waals surface area contributed by atoms with Gasteiger partial charge in [0.15, 0.2) is 5.78 Å². The Labute approximate surface area is 92.4 Å². The minimum atomic E-state index is -0.0567. The quantitative estimate of drug-likeness (QED) is 0.614. The highest BCUT2D eigenvalue weighted by Gasteiger charge is 2.44. The van der Waals surface area contributed by atoms with Crippen LogP contribution < -0.4 is 0 Å². The monoisotopic (exact) mass is 210 g/mol. The van der Waals surface area contributed by atoms with E-state index in [1.165, 1.54) is 12.8 Å². The van der Waals surface area contributed by atoms with Crippen molar-refractivity contribution in [1.29, 1.82) is 0 Å². The van der Waals surface area contributed by atoms with Gasteiger partial charge in [-0.2, -0.15) is 0 Å². The molecule has 0 aromatic heterocycles. The summed E-state index contributed by atoms with van der Waals surface area (Å²) in [6.45, 7) is 7.31. The topological polar surface area (TPSA) is 26.3 Å². The summed E-state index contributed by atoms with van der Waals surface area (Å²) in [4.78, 5) is 11.3. The molecule has 0 radical (unpaired) electrons. The number of ketones is 1. The first-order valence-electron chi connectivity index (χ1n) is 6.07. The Morgan fingerprint density at radius 1 is 1.27 bits per heavy atom. The zero-order valence-corrected chi connectivity index (χ0v) is 10.1. The van der Waals surface area contributed by atoms with Crippen LogP contribution in [0.25, 0.3) is 0 Å². The Hall–Kier alpha value is -0.370. The summed E-state index contributed by atoms with van der Waals surface area (Å²) in [6, 6.07) is 0. The number of rotatable bonds is 0. The molecule has 2 fully saturated rings. The van der Waals surface area contributed by atoms with Crippen molar-refractivity contribution < 1.29 is 9.53 Å². The van der Waals surface area contributed by atoms with Gasteiger partial charge < -0.3 is 4.74 Å². The van der Waals surface area contributed by atoms with E-state index in [1.54, 1.807) is 0 Å². The van der Waals surface area contributed by atoms with E-state index >= 15 is 0 Å². The molecular weight excluding hydrogens is 188 g/mol. The Morgan fingerprint density at radius 2 is 1.87 bits per heavy atom. The molecule has 0 aromatic carbocycles. The van der Waals surface area contributed by atoms with Crippen molar-refractivity contribution in [2.75, 3.05) is 6.61 Å². The molecule has 1 saturated carbocycles. The van der Waals surface area contributed by atoms with Crippen LogP contribution >= 0.6 is 0 Å². The van der Waals surface area contributed by atoms with Gasteiger partial charge in [0.05, 0.1) is 5.60 Å². The smallest absolute Gasteiger partial charge is 0.161 e. The van der Waals surface area contributed by atoms with Gasteiger partial charge in [-0.3, -0.25) is 4.79 Å². The zero-order chi connectivity index (χ0) is 11.1. The van der Waals surface area contributed by atoms with Crippen LogP contribution in [0.1, 0.15) is 52.9 Å². The van der Waals surface area contributed by atoms with E-state index in [0.717, 1.165) is 18.8 Å². The minimum Gasteiger partial charge on any atom is -0.367 e. The number of carbonyl (C=O) groups excluding carboxylic acids is 1. The molecule has 1 spiro atoms. The molecule has 2 heteroatoms. The first kappa shape index (κ1) is 11.1. The maximum atomic E-state index is 11.3. The first-order valence-corrected chi connectivity index (χ1v) is 6.07. The lowest BCUT2D eigenvalue weighted by Gasteiger charge is -2.41. The summed E-state index contributed by atoms with van der Waals surface area (Å²) in [5, 5.41) is 0. The molecule has 0 bridgehead atoms. The van der Waals surface area contributed by atoms with Crippen LogP contribution in [-0.2, 0) is 9.53 Å². The zero-order valence-electron chi connectivity index (χ0n) is 10.1. The normalized spacial score (nSPS) is 37.5. The first-order chi connectivity index (χ1) is 6.91. The lowest BCUT2D eigenvalue weighted by Crippen LogP contribution is -2.37. The summed E-state index contributed by atoms with van der Waals surface area (Å²) in [6.07, 6.45) is 5.28. The van der Waals surface area contributed by atoms with Crippen LogP contribution in [0.2, 0.25) is 0 Å². The molecule has 2 nitrogen and oxygen atoms in total. The average molecular weight is 210 g/mol. The molecule has 1 aliphatic carbocycles. The lowest BCUT2D eigenvalue weighted by molar-refractivity contribution is -0.117. The number of ether oxygens (including phenoxy) is 1. The molecule has 1 saturated heterocycles. The van der Waals surface area contributed by atoms with Crippen molar-refractivity contribution in [1.82, 2.24) is 0 Å². The third-order valence-electron chi connectivity index (χ3n) is 4.18. The third-order valence-corrected chi connectivity index (χ3v) is 4.18. The number of carbonyl (C=O) groups is 1. The molecule has 0 unspecified atom stereocenters. The second-order valence-electron chi connectivity index (χ2n) is 6.33. The van der Waals surface area contributed by atoms with Gasteiger partial charge in [-0.25, -0.2) is 0 Å². The van der Waals surface area contributed by atoms with Crippen LogP contribution in [0.5, 0.6) is 0 Å². The molecule has 2 rings (SSSR count). The highest BCUT2D eigenvalue weighted by Crippen LogP contribution is 2.45. The predicted molar refractivity (Wildman–Crippen MR) is 59.7 cm³/mol. The Bertz CT molecular complexity index is 254. The highest BCUT2D eigenvalue weighted by atomic mass is 16.5. The fourth-order valence-electron chi connectivity index (χ4n) is 3.03. The fourth-order valence-corrected chi connectivity index (χ4v) is 3.03. The van der Waals surface area contributed by atoms with Gasteiger partial charge in [0.25, 0.3) is 0 Å². The summed E-state index contributed by atoms with van der Waals surface area (Å²) in [7, 11) is 0. The van der Waals surface area contributed by atoms with Gasteiger partial charge in [0.1, 0.15) is 6.61 Å². The average Bonchev–Trinajstić information content (AvgIpc) is 2.47. The van der Waals surface area contributed by atoms with Crippen LogP contribution in [0.15, 0.2) is 0 Å². The summed E-state index contributed by atoms with van der Waals surface area (Å²) >= 11 is 0. The molecule has 0 amide bonds. The summed E-state index contributed by atoms with van der Waals surface area (Å²) < 4.78 is 5.71. The van der Waals surface area contributed by atoms with Crippen molar-refractivity contribution in [3.8, 4) is 0 Å². The Morgan fingerprint density at radius 3 is 2.27 bits per heavy atom. The molecule has 0 aromatic rings. The van der Waals surface area contributed by atoms with E-state index in [0.29, 0.717) is 24.2 Å². The number of Topliss-reactive ketones (excluding diaryl/α,β-unsaturated/α-hetero) is 1. The third kappa shape index (κ3) is 2.25. The van der Waals surface area contributed by atoms with Crippen LogP contribution in [0.4, 0.5) is 0 Å². The molecule has 0 N–H and O–H groups in total. The SMILES string of the molecule is CC(C)(C)C1CCC2(CC1)CC(=O)CO2. The maximum Gasteiger partial charge on any atom is 0.161 e. The number of hydrogen-bond donors (Lipinski definition) is 0. The van der Waals surface area contributed by atoms with Crippen molar-refractivity contribution in [2.45, 2.75) is 58.5 Å². The van der Waals surface area contributed by atoms with E-state index in [1.807, 2.05) is 0 Å². The van der Waals surface area contributed by atoms with Crippen molar-refractivity contribution in [3.05, 3.63) is 0 Å². The molecule has 15 heavy (non-hydrogen) atoms. The second-order valence-corrected chi connectivity index (χ2v) is 6.33. The molecule has 86 valence electrons. The Kier molecular flexibility index (Phi) is 2.66. The second kappa shape index (κ2) is 3.58. The standard InChI is InChI=1S/C13H22O2/c1-12(2,3)10-4-6-13(7-5-10)8-11(14)9-15-13/h10H,4-9H2,1-3H3. The van der Waals surface area contributed by atoms with Gasteiger partial charge in [0.2, 0.25) is 0 Å². The van der Waals surface area contributed by atoms with E-state index in [9.17, 15) is 4.79 Å². The predicted octanol–water partition coefficient (Wildman–Crippen LogP) is 2.95. The molecule has 1 aliphatic heterocycles. The lowest BCUT2D eigenvalue weighted by atomic mass is 9.68. The molecule has 2 aliphatic rings. The highest BCUT2D eigenvalue weighted by molar-refractivity contribution is 5.82. The van der Waals surface area contributed by atoms with Crippen molar-refractivity contribution in [3.63, 3.8) is 0 Å². The minimum absolute atomic E-state index is 0.0567. The summed E-state index contributed by atoms with van der Waals surface area (Å²) in [5.74, 6) is 1.09. The van der Waals surface area contributed by atoms with Gasteiger partial charge in [-0.1, -0.05) is 20.8 Å². The largest absolute Gasteiger partial charge is 0.367 e. The fraction of sp³-hybridized carbons (Fsp3) is 0.923. The van der Waals surface area contributed by atoms with E-state index in [-0.39, 0.29) is 5.60 Å². The van der Waals surface area contributed by atoms with Gasteiger partial charge >= 0.3 is 0 Å². The van der Waals surface area contributed by atoms with Crippen molar-refractivity contribution >= 4 is 5.78 Å². The van der Waals surface area contributed by atoms with Crippen LogP contribution in [0, 0.1) is 11.3 Å². The van der Waals surface area contributed by atoms with Crippen molar-refractivity contribution in [2.24, 2.45) is 11.3 Å². The van der Waals surface area contributed by atoms with E-state index < -0.39 is 0 Å². The van der Waals surface area contributed by atoms with Gasteiger partial charge in [0, 0.05) is 6.42 Å². The molecular formula is C13H22O2. The van der Waals surface area contributed by atoms with E-state index in [2.05, 4.69) is 20.8 Å². The van der Waals surface area contributed by atoms with Gasteiger partial charge in [-0.15, -0.1) is 0 Å². The van der Waals surface area contributed by atoms with Crippen LogP contribution in [-0.4, -0.2) is 18.0 Å². The Balaban J connectivity index is 1.95. The van der Waals surface area contributed by atoms with E-state index in [4.69, 9.17) is 4.74 Å². The van der Waals surface area contributed by atoms with Crippen LogP contribution in [0.3, 0.4) is 0 Å².